The van der Waals surface area contributed by atoms with Gasteiger partial charge in [-0.15, -0.1) is 0 Å². The van der Waals surface area contributed by atoms with Crippen molar-refractivity contribution in [3.8, 4) is 17.4 Å². The molecule has 1 aromatic carbocycles. The van der Waals surface area contributed by atoms with Crippen LogP contribution in [0.3, 0.4) is 0 Å². The first-order valence-electron chi connectivity index (χ1n) is 7.65. The summed E-state index contributed by atoms with van der Waals surface area (Å²) in [4.78, 5) is 18.2. The molecule has 0 spiro atoms. The van der Waals surface area contributed by atoms with Crippen LogP contribution in [-0.2, 0) is 4.79 Å². The Morgan fingerprint density at radius 3 is 2.79 bits per heavy atom. The molecule has 0 saturated carbocycles. The number of fused-ring (bicyclic) bond motifs is 1. The molecule has 1 aromatic heterocycles. The zero-order valence-corrected chi connectivity index (χ0v) is 13.5. The number of benzene rings is 1. The lowest BCUT2D eigenvalue weighted by Gasteiger charge is -2.40. The van der Waals surface area contributed by atoms with Crippen molar-refractivity contribution in [3.63, 3.8) is 0 Å². The molecule has 1 unspecified atom stereocenters. The molecule has 7 heteroatoms. The molecule has 0 bridgehead atoms. The molecule has 6 nitrogen and oxygen atoms in total. The van der Waals surface area contributed by atoms with Gasteiger partial charge in [-0.25, -0.2) is 4.98 Å². The largest absolute Gasteiger partial charge is 0.485 e. The van der Waals surface area contributed by atoms with E-state index in [0.29, 0.717) is 35.5 Å². The summed E-state index contributed by atoms with van der Waals surface area (Å²) in [7, 11) is 0. The van der Waals surface area contributed by atoms with Crippen molar-refractivity contribution in [3.05, 3.63) is 47.6 Å². The Labute approximate surface area is 143 Å². The van der Waals surface area contributed by atoms with Gasteiger partial charge < -0.3 is 19.1 Å². The van der Waals surface area contributed by atoms with Gasteiger partial charge in [-0.05, 0) is 24.3 Å². The van der Waals surface area contributed by atoms with Gasteiger partial charge in [-0.2, -0.15) is 0 Å². The number of carbonyl (C=O) groups is 1. The lowest BCUT2D eigenvalue weighted by molar-refractivity contribution is -0.150. The third-order valence-corrected chi connectivity index (χ3v) is 4.23. The zero-order valence-electron chi connectivity index (χ0n) is 12.7. The highest BCUT2D eigenvalue weighted by Crippen LogP contribution is 2.32. The maximum Gasteiger partial charge on any atom is 0.267 e. The Balaban J connectivity index is 1.33. The summed E-state index contributed by atoms with van der Waals surface area (Å²) in [5.74, 6) is 1.55. The molecule has 0 aliphatic carbocycles. The SMILES string of the molecule is O=C(C1COc2ccccc2O1)N1CC(Oc2ncccc2Cl)C1. The second kappa shape index (κ2) is 6.20. The van der Waals surface area contributed by atoms with Crippen molar-refractivity contribution in [1.29, 1.82) is 0 Å². The van der Waals surface area contributed by atoms with Crippen LogP contribution in [0.25, 0.3) is 0 Å². The van der Waals surface area contributed by atoms with Crippen LogP contribution in [0.1, 0.15) is 0 Å². The maximum absolute atomic E-state index is 12.5. The quantitative estimate of drug-likeness (QED) is 0.852. The summed E-state index contributed by atoms with van der Waals surface area (Å²) in [6.45, 7) is 1.17. The van der Waals surface area contributed by atoms with E-state index in [0.717, 1.165) is 0 Å². The molecule has 2 aromatic rings. The van der Waals surface area contributed by atoms with E-state index >= 15 is 0 Å². The molecular weight excluding hydrogens is 332 g/mol. The van der Waals surface area contributed by atoms with Gasteiger partial charge in [0.15, 0.2) is 11.5 Å². The first-order chi connectivity index (χ1) is 11.7. The van der Waals surface area contributed by atoms with Gasteiger partial charge in [0, 0.05) is 6.20 Å². The Kier molecular flexibility index (Phi) is 3.90. The Hall–Kier alpha value is -2.47. The van der Waals surface area contributed by atoms with Gasteiger partial charge >= 0.3 is 0 Å². The first-order valence-corrected chi connectivity index (χ1v) is 8.03. The van der Waals surface area contributed by atoms with Gasteiger partial charge in [0.2, 0.25) is 12.0 Å². The van der Waals surface area contributed by atoms with Gasteiger partial charge in [0.1, 0.15) is 17.7 Å². The molecule has 124 valence electrons. The number of halogens is 1. The summed E-state index contributed by atoms with van der Waals surface area (Å²) in [5, 5.41) is 0.461. The third-order valence-electron chi connectivity index (χ3n) is 3.95. The van der Waals surface area contributed by atoms with E-state index in [2.05, 4.69) is 4.98 Å². The summed E-state index contributed by atoms with van der Waals surface area (Å²) < 4.78 is 17.0. The maximum atomic E-state index is 12.5. The summed E-state index contributed by atoms with van der Waals surface area (Å²) in [6, 6.07) is 10.8. The minimum Gasteiger partial charge on any atom is -0.485 e. The number of hydrogen-bond donors (Lipinski definition) is 0. The lowest BCUT2D eigenvalue weighted by Crippen LogP contribution is -2.60. The first kappa shape index (κ1) is 15.1. The average molecular weight is 347 g/mol. The second-order valence-corrected chi connectivity index (χ2v) is 6.04. The molecule has 2 aliphatic rings. The van der Waals surface area contributed by atoms with Crippen molar-refractivity contribution in [2.24, 2.45) is 0 Å². The number of rotatable bonds is 3. The van der Waals surface area contributed by atoms with Crippen LogP contribution in [0.4, 0.5) is 0 Å². The molecule has 1 atom stereocenters. The van der Waals surface area contributed by atoms with Crippen molar-refractivity contribution in [1.82, 2.24) is 9.88 Å². The lowest BCUT2D eigenvalue weighted by atomic mass is 10.1. The number of ether oxygens (including phenoxy) is 3. The van der Waals surface area contributed by atoms with Crippen LogP contribution >= 0.6 is 11.6 Å². The molecule has 1 fully saturated rings. The third kappa shape index (κ3) is 2.85. The van der Waals surface area contributed by atoms with Gasteiger partial charge in [0.05, 0.1) is 13.1 Å². The average Bonchev–Trinajstić information content (AvgIpc) is 2.58. The van der Waals surface area contributed by atoms with Crippen LogP contribution in [0.5, 0.6) is 17.4 Å². The topological polar surface area (TPSA) is 60.9 Å². The smallest absolute Gasteiger partial charge is 0.267 e. The van der Waals surface area contributed by atoms with Gasteiger partial charge in [0.25, 0.3) is 5.91 Å². The summed E-state index contributed by atoms with van der Waals surface area (Å²) in [5.41, 5.74) is 0. The highest BCUT2D eigenvalue weighted by molar-refractivity contribution is 6.31. The number of hydrogen-bond acceptors (Lipinski definition) is 5. The van der Waals surface area contributed by atoms with E-state index in [4.69, 9.17) is 25.8 Å². The monoisotopic (exact) mass is 346 g/mol. The number of likely N-dealkylation sites (tertiary alicyclic amines) is 1. The normalized spacial score (nSPS) is 19.5. The molecule has 0 N–H and O–H groups in total. The van der Waals surface area contributed by atoms with E-state index in [1.807, 2.05) is 18.2 Å². The van der Waals surface area contributed by atoms with E-state index in [1.54, 1.807) is 29.3 Å². The highest BCUT2D eigenvalue weighted by atomic mass is 35.5. The summed E-state index contributed by atoms with van der Waals surface area (Å²) in [6.07, 6.45) is 0.880. The fraction of sp³-hybridized carbons (Fsp3) is 0.294. The van der Waals surface area contributed by atoms with Crippen LogP contribution in [0.2, 0.25) is 5.02 Å². The van der Waals surface area contributed by atoms with Crippen LogP contribution < -0.4 is 14.2 Å². The van der Waals surface area contributed by atoms with Crippen molar-refractivity contribution in [2.45, 2.75) is 12.2 Å². The van der Waals surface area contributed by atoms with Crippen molar-refractivity contribution in [2.75, 3.05) is 19.7 Å². The summed E-state index contributed by atoms with van der Waals surface area (Å²) >= 11 is 6.01. The van der Waals surface area contributed by atoms with Gasteiger partial charge in [-0.3, -0.25) is 4.79 Å². The second-order valence-electron chi connectivity index (χ2n) is 5.64. The minimum atomic E-state index is -0.626. The van der Waals surface area contributed by atoms with E-state index in [9.17, 15) is 4.79 Å². The Morgan fingerprint density at radius 2 is 2.00 bits per heavy atom. The van der Waals surface area contributed by atoms with E-state index in [-0.39, 0.29) is 18.6 Å². The Morgan fingerprint density at radius 1 is 1.21 bits per heavy atom. The number of carbonyl (C=O) groups excluding carboxylic acids is 1. The number of nitrogens with zero attached hydrogens (tertiary/aromatic N) is 2. The number of pyridine rings is 1. The van der Waals surface area contributed by atoms with E-state index in [1.165, 1.54) is 0 Å². The fourth-order valence-electron chi connectivity index (χ4n) is 2.65. The molecule has 24 heavy (non-hydrogen) atoms. The number of para-hydroxylation sites is 2. The fourth-order valence-corrected chi connectivity index (χ4v) is 2.82. The molecule has 1 saturated heterocycles. The predicted molar refractivity (Wildman–Crippen MR) is 86.6 cm³/mol. The van der Waals surface area contributed by atoms with Crippen molar-refractivity contribution >= 4 is 17.5 Å². The standard InChI is InChI=1S/C17H15ClN2O4/c18-12-4-3-7-19-16(12)23-11-8-20(9-11)17(21)15-10-22-13-5-1-2-6-14(13)24-15/h1-7,11,15H,8-10H2. The van der Waals surface area contributed by atoms with Crippen LogP contribution in [0.15, 0.2) is 42.6 Å². The molecule has 1 amide bonds. The minimum absolute atomic E-state index is 0.100. The predicted octanol–water partition coefficient (Wildman–Crippen LogP) is 2.16. The molecule has 0 radical (unpaired) electrons. The molecule has 2 aliphatic heterocycles. The molecule has 4 rings (SSSR count). The van der Waals surface area contributed by atoms with E-state index < -0.39 is 6.10 Å². The van der Waals surface area contributed by atoms with Gasteiger partial charge in [-0.1, -0.05) is 23.7 Å². The molecular formula is C17H15ClN2O4. The zero-order chi connectivity index (χ0) is 16.5. The van der Waals surface area contributed by atoms with Crippen LogP contribution in [0, 0.1) is 0 Å². The van der Waals surface area contributed by atoms with Crippen LogP contribution in [-0.4, -0.2) is 47.7 Å². The van der Waals surface area contributed by atoms with Crippen molar-refractivity contribution < 1.29 is 19.0 Å². The number of aromatic nitrogens is 1. The highest BCUT2D eigenvalue weighted by Gasteiger charge is 2.39. The number of amides is 1. The Bertz CT molecular complexity index is 764. The molecule has 3 heterocycles.